The first kappa shape index (κ1) is 16.3. The first-order valence-electron chi connectivity index (χ1n) is 5.68. The molecule has 1 aromatic carbocycles. The highest BCUT2D eigenvalue weighted by molar-refractivity contribution is 5.97. The fourth-order valence-electron chi connectivity index (χ4n) is 1.51. The van der Waals surface area contributed by atoms with Crippen LogP contribution in [0.5, 0.6) is 5.75 Å². The Morgan fingerprint density at radius 1 is 1.40 bits per heavy atom. The predicted molar refractivity (Wildman–Crippen MR) is 66.5 cm³/mol. The molecule has 3 N–H and O–H groups in total. The zero-order chi connectivity index (χ0) is 15.3. The summed E-state index contributed by atoms with van der Waals surface area (Å²) in [4.78, 5) is 11.9. The summed E-state index contributed by atoms with van der Waals surface area (Å²) >= 11 is 0. The second-order valence-corrected chi connectivity index (χ2v) is 4.05. The van der Waals surface area contributed by atoms with Crippen molar-refractivity contribution in [3.8, 4) is 5.75 Å². The molecule has 8 heteroatoms. The summed E-state index contributed by atoms with van der Waals surface area (Å²) in [7, 11) is 1.41. The number of nitrogens with zero attached hydrogens (tertiary/aromatic N) is 1. The van der Waals surface area contributed by atoms with Gasteiger partial charge in [0.15, 0.2) is 0 Å². The van der Waals surface area contributed by atoms with E-state index in [0.717, 1.165) is 0 Å². The lowest BCUT2D eigenvalue weighted by molar-refractivity contribution is -0.170. The second-order valence-electron chi connectivity index (χ2n) is 4.05. The molecule has 5 nitrogen and oxygen atoms in total. The van der Waals surface area contributed by atoms with Crippen LogP contribution in [0.15, 0.2) is 24.3 Å². The molecule has 0 bridgehead atoms. The van der Waals surface area contributed by atoms with Gasteiger partial charge in [0, 0.05) is 18.3 Å². The van der Waals surface area contributed by atoms with Crippen LogP contribution in [0.4, 0.5) is 18.9 Å². The summed E-state index contributed by atoms with van der Waals surface area (Å²) in [6.45, 7) is -0.973. The van der Waals surface area contributed by atoms with Gasteiger partial charge in [-0.25, -0.2) is 0 Å². The van der Waals surface area contributed by atoms with E-state index in [1.54, 1.807) is 0 Å². The minimum absolute atomic E-state index is 0.0250. The number of carbonyl (C=O) groups is 1. The van der Waals surface area contributed by atoms with Crippen LogP contribution in [0.1, 0.15) is 0 Å². The van der Waals surface area contributed by atoms with Crippen LogP contribution in [0, 0.1) is 0 Å². The maximum Gasteiger partial charge on any atom is 0.471 e. The molecule has 0 heterocycles. The Labute approximate surface area is 113 Å². The SMILES string of the molecule is COc1ccc(N(CC(N)CO)C(=O)C(F)(F)F)cc1. The van der Waals surface area contributed by atoms with Gasteiger partial charge in [0.25, 0.3) is 0 Å². The lowest BCUT2D eigenvalue weighted by Crippen LogP contribution is -2.48. The van der Waals surface area contributed by atoms with Gasteiger partial charge in [-0.1, -0.05) is 0 Å². The predicted octanol–water partition coefficient (Wildman–Crippen LogP) is 0.910. The smallest absolute Gasteiger partial charge is 0.471 e. The number of aliphatic hydroxyl groups is 1. The van der Waals surface area contributed by atoms with Crippen LogP contribution in [-0.4, -0.2) is 43.5 Å². The molecular formula is C12H15F3N2O3. The number of anilines is 1. The molecule has 0 aliphatic rings. The first-order chi connectivity index (χ1) is 9.29. The third-order valence-electron chi connectivity index (χ3n) is 2.52. The number of rotatable bonds is 5. The Bertz CT molecular complexity index is 448. The molecule has 1 aromatic rings. The molecule has 1 atom stereocenters. The van der Waals surface area contributed by atoms with Crippen LogP contribution >= 0.6 is 0 Å². The topological polar surface area (TPSA) is 75.8 Å². The average Bonchev–Trinajstić information content (AvgIpc) is 2.43. The highest BCUT2D eigenvalue weighted by atomic mass is 19.4. The summed E-state index contributed by atoms with van der Waals surface area (Å²) in [5.74, 6) is -1.59. The fourth-order valence-corrected chi connectivity index (χ4v) is 1.51. The zero-order valence-electron chi connectivity index (χ0n) is 10.7. The summed E-state index contributed by atoms with van der Waals surface area (Å²) < 4.78 is 42.6. The maximum absolute atomic E-state index is 12.6. The highest BCUT2D eigenvalue weighted by Gasteiger charge is 2.43. The summed E-state index contributed by atoms with van der Waals surface area (Å²) in [5.41, 5.74) is 5.44. The van der Waals surface area contributed by atoms with Gasteiger partial charge in [-0.3, -0.25) is 4.79 Å². The van der Waals surface area contributed by atoms with Crippen LogP contribution in [-0.2, 0) is 4.79 Å². The molecule has 1 amide bonds. The van der Waals surface area contributed by atoms with E-state index >= 15 is 0 Å². The molecule has 0 saturated carbocycles. The van der Waals surface area contributed by atoms with E-state index in [1.165, 1.54) is 31.4 Å². The number of hydrogen-bond acceptors (Lipinski definition) is 4. The van der Waals surface area contributed by atoms with Gasteiger partial charge in [0.2, 0.25) is 0 Å². The fraction of sp³-hybridized carbons (Fsp3) is 0.417. The number of alkyl halides is 3. The Morgan fingerprint density at radius 2 is 1.95 bits per heavy atom. The molecule has 0 spiro atoms. The molecule has 1 unspecified atom stereocenters. The average molecular weight is 292 g/mol. The number of nitrogens with two attached hydrogens (primary N) is 1. The molecule has 112 valence electrons. The van der Waals surface area contributed by atoms with E-state index in [9.17, 15) is 18.0 Å². The van der Waals surface area contributed by atoms with Crippen molar-refractivity contribution < 1.29 is 27.8 Å². The number of methoxy groups -OCH3 is 1. The van der Waals surface area contributed by atoms with Gasteiger partial charge in [0.1, 0.15) is 5.75 Å². The van der Waals surface area contributed by atoms with Crippen LogP contribution < -0.4 is 15.4 Å². The van der Waals surface area contributed by atoms with Crippen molar-refractivity contribution in [2.75, 3.05) is 25.2 Å². The molecule has 0 aliphatic heterocycles. The number of hydrogen-bond donors (Lipinski definition) is 2. The normalized spacial score (nSPS) is 12.9. The van der Waals surface area contributed by atoms with E-state index in [4.69, 9.17) is 15.6 Å². The number of halogens is 3. The monoisotopic (exact) mass is 292 g/mol. The maximum atomic E-state index is 12.6. The zero-order valence-corrected chi connectivity index (χ0v) is 10.7. The lowest BCUT2D eigenvalue weighted by atomic mass is 10.2. The summed E-state index contributed by atoms with van der Waals surface area (Å²) in [6.07, 6.45) is -5.02. The number of amides is 1. The minimum atomic E-state index is -5.02. The molecule has 0 fully saturated rings. The van der Waals surface area contributed by atoms with Crippen LogP contribution in [0.25, 0.3) is 0 Å². The third-order valence-corrected chi connectivity index (χ3v) is 2.52. The molecule has 0 saturated heterocycles. The van der Waals surface area contributed by atoms with Crippen molar-refractivity contribution in [3.05, 3.63) is 24.3 Å². The minimum Gasteiger partial charge on any atom is -0.497 e. The van der Waals surface area contributed by atoms with Crippen molar-refractivity contribution in [2.24, 2.45) is 5.73 Å². The van der Waals surface area contributed by atoms with Gasteiger partial charge in [-0.2, -0.15) is 13.2 Å². The second kappa shape index (κ2) is 6.58. The molecule has 20 heavy (non-hydrogen) atoms. The van der Waals surface area contributed by atoms with Crippen molar-refractivity contribution in [3.63, 3.8) is 0 Å². The van der Waals surface area contributed by atoms with E-state index in [2.05, 4.69) is 0 Å². The first-order valence-corrected chi connectivity index (χ1v) is 5.68. The standard InChI is InChI=1S/C12H15F3N2O3/c1-20-10-4-2-9(3-5-10)17(6-8(16)7-18)11(19)12(13,14)15/h2-5,8,18H,6-7,16H2,1H3. The third kappa shape index (κ3) is 4.10. The molecule has 0 radical (unpaired) electrons. The van der Waals surface area contributed by atoms with Gasteiger partial charge in [0.05, 0.1) is 13.7 Å². The van der Waals surface area contributed by atoms with Gasteiger partial charge in [-0.05, 0) is 24.3 Å². The Hall–Kier alpha value is -1.80. The van der Waals surface area contributed by atoms with Gasteiger partial charge < -0.3 is 20.5 Å². The van der Waals surface area contributed by atoms with Crippen molar-refractivity contribution in [1.29, 1.82) is 0 Å². The number of aliphatic hydroxyl groups excluding tert-OH is 1. The molecule has 0 aliphatic carbocycles. The number of benzene rings is 1. The van der Waals surface area contributed by atoms with E-state index in [0.29, 0.717) is 10.6 Å². The van der Waals surface area contributed by atoms with E-state index in [-0.39, 0.29) is 5.69 Å². The lowest BCUT2D eigenvalue weighted by Gasteiger charge is -2.26. The quantitative estimate of drug-likeness (QED) is 0.846. The van der Waals surface area contributed by atoms with Crippen molar-refractivity contribution in [2.45, 2.75) is 12.2 Å². The largest absolute Gasteiger partial charge is 0.497 e. The van der Waals surface area contributed by atoms with Crippen molar-refractivity contribution in [1.82, 2.24) is 0 Å². The molecule has 0 aromatic heterocycles. The van der Waals surface area contributed by atoms with Crippen LogP contribution in [0.2, 0.25) is 0 Å². The van der Waals surface area contributed by atoms with Crippen LogP contribution in [0.3, 0.4) is 0 Å². The molecular weight excluding hydrogens is 277 g/mol. The van der Waals surface area contributed by atoms with Gasteiger partial charge in [-0.15, -0.1) is 0 Å². The Kier molecular flexibility index (Phi) is 5.34. The van der Waals surface area contributed by atoms with E-state index in [1.807, 2.05) is 0 Å². The molecule has 1 rings (SSSR count). The summed E-state index contributed by atoms with van der Waals surface area (Å²) in [5, 5.41) is 8.83. The Balaban J connectivity index is 3.05. The van der Waals surface area contributed by atoms with Gasteiger partial charge >= 0.3 is 12.1 Å². The van der Waals surface area contributed by atoms with Crippen molar-refractivity contribution >= 4 is 11.6 Å². The van der Waals surface area contributed by atoms with E-state index < -0.39 is 31.3 Å². The number of ether oxygens (including phenoxy) is 1. The Morgan fingerprint density at radius 3 is 2.35 bits per heavy atom. The highest BCUT2D eigenvalue weighted by Crippen LogP contribution is 2.25. The number of carbonyl (C=O) groups excluding carboxylic acids is 1. The summed E-state index contributed by atoms with van der Waals surface area (Å²) in [6, 6.07) is 4.51.